The largest absolute Gasteiger partial charge is 0.573 e. The minimum atomic E-state index is -5.03. The fourth-order valence-electron chi connectivity index (χ4n) is 1.17. The van der Waals surface area contributed by atoms with Crippen LogP contribution in [0, 0.1) is 0 Å². The van der Waals surface area contributed by atoms with Gasteiger partial charge in [0.25, 0.3) is 0 Å². The van der Waals surface area contributed by atoms with Crippen LogP contribution in [0.1, 0.15) is 11.3 Å². The van der Waals surface area contributed by atoms with Crippen LogP contribution in [-0.4, -0.2) is 27.5 Å². The minimum Gasteiger partial charge on any atom is -0.503 e. The van der Waals surface area contributed by atoms with Crippen molar-refractivity contribution in [1.29, 1.82) is 0 Å². The summed E-state index contributed by atoms with van der Waals surface area (Å²) in [5.41, 5.74) is -0.439. The van der Waals surface area contributed by atoms with Crippen LogP contribution in [0.25, 0.3) is 0 Å². The standard InChI is InChI=1S/C9H7BrF3NO4/c10-2-5-7(17)8(18-9(11,12)13)4(3-14-5)1-6(15)16/h3,17H,1-2H2,(H,15,16). The molecule has 0 spiro atoms. The van der Waals surface area contributed by atoms with E-state index >= 15 is 0 Å². The maximum atomic E-state index is 12.2. The van der Waals surface area contributed by atoms with E-state index in [0.29, 0.717) is 0 Å². The molecule has 0 aliphatic carbocycles. The van der Waals surface area contributed by atoms with E-state index in [9.17, 15) is 23.1 Å². The molecule has 0 unspecified atom stereocenters. The minimum absolute atomic E-state index is 0.000399. The third kappa shape index (κ3) is 3.76. The first kappa shape index (κ1) is 14.6. The predicted molar refractivity (Wildman–Crippen MR) is 56.6 cm³/mol. The van der Waals surface area contributed by atoms with Gasteiger partial charge in [-0.1, -0.05) is 15.9 Å². The van der Waals surface area contributed by atoms with Crippen molar-refractivity contribution in [1.82, 2.24) is 4.98 Å². The Kier molecular flexibility index (Phi) is 4.38. The van der Waals surface area contributed by atoms with Crippen LogP contribution < -0.4 is 4.74 Å². The van der Waals surface area contributed by atoms with Crippen LogP contribution in [0.15, 0.2) is 6.20 Å². The Bertz CT molecular complexity index is 464. The molecule has 0 radical (unpaired) electrons. The molecule has 0 fully saturated rings. The van der Waals surface area contributed by atoms with E-state index in [1.165, 1.54) is 0 Å². The highest BCUT2D eigenvalue weighted by Crippen LogP contribution is 2.37. The second kappa shape index (κ2) is 5.42. The van der Waals surface area contributed by atoms with Gasteiger partial charge in [-0.15, -0.1) is 13.2 Å². The zero-order valence-corrected chi connectivity index (χ0v) is 10.2. The van der Waals surface area contributed by atoms with E-state index in [1.807, 2.05) is 0 Å². The van der Waals surface area contributed by atoms with E-state index in [0.717, 1.165) is 6.20 Å². The summed E-state index contributed by atoms with van der Waals surface area (Å²) in [6.07, 6.45) is -4.85. The molecule has 2 N–H and O–H groups in total. The highest BCUT2D eigenvalue weighted by molar-refractivity contribution is 9.08. The maximum Gasteiger partial charge on any atom is 0.573 e. The van der Waals surface area contributed by atoms with Gasteiger partial charge in [0.05, 0.1) is 12.1 Å². The predicted octanol–water partition coefficient (Wildman–Crippen LogP) is 2.21. The smallest absolute Gasteiger partial charge is 0.503 e. The van der Waals surface area contributed by atoms with Crippen LogP contribution in [0.2, 0.25) is 0 Å². The Morgan fingerprint density at radius 3 is 2.56 bits per heavy atom. The molecular weight excluding hydrogens is 323 g/mol. The summed E-state index contributed by atoms with van der Waals surface area (Å²) >= 11 is 2.92. The van der Waals surface area contributed by atoms with Gasteiger partial charge in [0.1, 0.15) is 0 Å². The Morgan fingerprint density at radius 2 is 2.11 bits per heavy atom. The highest BCUT2D eigenvalue weighted by Gasteiger charge is 2.34. The lowest BCUT2D eigenvalue weighted by molar-refractivity contribution is -0.275. The number of aliphatic carboxylic acids is 1. The third-order valence-electron chi connectivity index (χ3n) is 1.84. The van der Waals surface area contributed by atoms with Gasteiger partial charge in [-0.3, -0.25) is 9.78 Å². The third-order valence-corrected chi connectivity index (χ3v) is 2.37. The van der Waals surface area contributed by atoms with Crippen molar-refractivity contribution in [2.24, 2.45) is 0 Å². The van der Waals surface area contributed by atoms with Gasteiger partial charge in [0, 0.05) is 17.1 Å². The number of hydrogen-bond acceptors (Lipinski definition) is 4. The van der Waals surface area contributed by atoms with Crippen molar-refractivity contribution in [2.75, 3.05) is 0 Å². The van der Waals surface area contributed by atoms with Crippen LogP contribution in [0.5, 0.6) is 11.5 Å². The van der Waals surface area contributed by atoms with Gasteiger partial charge < -0.3 is 14.9 Å². The lowest BCUT2D eigenvalue weighted by atomic mass is 10.1. The van der Waals surface area contributed by atoms with Crippen LogP contribution in [0.4, 0.5) is 13.2 Å². The second-order valence-electron chi connectivity index (χ2n) is 3.16. The van der Waals surface area contributed by atoms with Crippen LogP contribution in [0.3, 0.4) is 0 Å². The molecule has 0 amide bonds. The summed E-state index contributed by atoms with van der Waals surface area (Å²) in [6, 6.07) is 0. The quantitative estimate of drug-likeness (QED) is 0.828. The van der Waals surface area contributed by atoms with Gasteiger partial charge >= 0.3 is 12.3 Å². The van der Waals surface area contributed by atoms with E-state index in [1.54, 1.807) is 0 Å². The Hall–Kier alpha value is -1.51. The zero-order chi connectivity index (χ0) is 13.9. The van der Waals surface area contributed by atoms with Crippen molar-refractivity contribution in [3.8, 4) is 11.5 Å². The average molecular weight is 330 g/mol. The monoisotopic (exact) mass is 329 g/mol. The van der Waals surface area contributed by atoms with E-state index in [-0.39, 0.29) is 16.6 Å². The molecule has 0 aromatic carbocycles. The molecule has 0 bridgehead atoms. The molecule has 1 rings (SSSR count). The van der Waals surface area contributed by atoms with E-state index in [4.69, 9.17) is 5.11 Å². The molecule has 0 aliphatic heterocycles. The van der Waals surface area contributed by atoms with Gasteiger partial charge in [-0.25, -0.2) is 0 Å². The summed E-state index contributed by atoms with van der Waals surface area (Å²) in [5, 5.41) is 18.1. The molecule has 9 heteroatoms. The van der Waals surface area contributed by atoms with E-state index < -0.39 is 30.3 Å². The molecule has 0 saturated carbocycles. The number of hydrogen-bond donors (Lipinski definition) is 2. The van der Waals surface area contributed by atoms with Crippen molar-refractivity contribution >= 4 is 21.9 Å². The number of halogens is 4. The molecular formula is C9H7BrF3NO4. The van der Waals surface area contributed by atoms with Crippen LogP contribution in [-0.2, 0) is 16.5 Å². The molecule has 0 saturated heterocycles. The van der Waals surface area contributed by atoms with Crippen molar-refractivity contribution in [3.63, 3.8) is 0 Å². The highest BCUT2D eigenvalue weighted by atomic mass is 79.9. The lowest BCUT2D eigenvalue weighted by Gasteiger charge is -2.14. The van der Waals surface area contributed by atoms with Crippen molar-refractivity contribution in [2.45, 2.75) is 18.1 Å². The number of carboxylic acids is 1. The summed E-state index contributed by atoms with van der Waals surface area (Å²) < 4.78 is 40.1. The van der Waals surface area contributed by atoms with Gasteiger partial charge in [-0.05, 0) is 0 Å². The molecule has 1 heterocycles. The van der Waals surface area contributed by atoms with E-state index in [2.05, 4.69) is 25.7 Å². The van der Waals surface area contributed by atoms with Gasteiger partial charge in [0.15, 0.2) is 11.5 Å². The van der Waals surface area contributed by atoms with Gasteiger partial charge in [0.2, 0.25) is 0 Å². The molecule has 100 valence electrons. The molecule has 18 heavy (non-hydrogen) atoms. The average Bonchev–Trinajstić information content (AvgIpc) is 2.21. The molecule has 1 aromatic rings. The maximum absolute atomic E-state index is 12.2. The first-order valence-corrected chi connectivity index (χ1v) is 5.60. The van der Waals surface area contributed by atoms with Crippen molar-refractivity contribution < 1.29 is 32.9 Å². The summed E-state index contributed by atoms with van der Waals surface area (Å²) in [6.45, 7) is 0. The number of pyridine rings is 1. The number of carboxylic acid groups (broad SMARTS) is 1. The van der Waals surface area contributed by atoms with Crippen molar-refractivity contribution in [3.05, 3.63) is 17.5 Å². The van der Waals surface area contributed by atoms with Gasteiger partial charge in [-0.2, -0.15) is 0 Å². The normalized spacial score (nSPS) is 11.3. The Labute approximate surface area is 107 Å². The fourth-order valence-corrected chi connectivity index (χ4v) is 1.59. The number of nitrogens with zero attached hydrogens (tertiary/aromatic N) is 1. The number of ether oxygens (including phenoxy) is 1. The summed E-state index contributed by atoms with van der Waals surface area (Å²) in [7, 11) is 0. The molecule has 5 nitrogen and oxygen atoms in total. The fraction of sp³-hybridized carbons (Fsp3) is 0.333. The molecule has 1 aromatic heterocycles. The zero-order valence-electron chi connectivity index (χ0n) is 8.66. The Balaban J connectivity index is 3.26. The second-order valence-corrected chi connectivity index (χ2v) is 3.72. The number of aromatic hydroxyl groups is 1. The topological polar surface area (TPSA) is 79.7 Å². The summed E-state index contributed by atoms with van der Waals surface area (Å²) in [5.74, 6) is -3.13. The number of carbonyl (C=O) groups is 1. The number of aromatic nitrogens is 1. The lowest BCUT2D eigenvalue weighted by Crippen LogP contribution is -2.19. The number of alkyl halides is 4. The summed E-state index contributed by atoms with van der Waals surface area (Å²) in [4.78, 5) is 14.1. The first-order valence-electron chi connectivity index (χ1n) is 4.47. The molecule has 0 aliphatic rings. The first-order chi connectivity index (χ1) is 8.24. The van der Waals surface area contributed by atoms with Crippen LogP contribution >= 0.6 is 15.9 Å². The Morgan fingerprint density at radius 1 is 1.50 bits per heavy atom. The number of rotatable bonds is 4. The molecule has 0 atom stereocenters. The SMILES string of the molecule is O=C(O)Cc1cnc(CBr)c(O)c1OC(F)(F)F.